The highest BCUT2D eigenvalue weighted by Crippen LogP contribution is 2.22. The summed E-state index contributed by atoms with van der Waals surface area (Å²) >= 11 is 0. The second-order valence-electron chi connectivity index (χ2n) is 5.51. The van der Waals surface area contributed by atoms with Gasteiger partial charge in [0.1, 0.15) is 5.52 Å². The molecular formula is C16H22N6O. The summed E-state index contributed by atoms with van der Waals surface area (Å²) in [7, 11) is 3.47. The Labute approximate surface area is 135 Å². The highest BCUT2D eigenvalue weighted by Gasteiger charge is 2.09. The molecule has 23 heavy (non-hydrogen) atoms. The Morgan fingerprint density at radius 1 is 1.13 bits per heavy atom. The van der Waals surface area contributed by atoms with Crippen LogP contribution in [0.25, 0.3) is 16.8 Å². The molecule has 4 rings (SSSR count). The number of piperidine rings is 1. The minimum atomic E-state index is 0.559. The van der Waals surface area contributed by atoms with Crippen LogP contribution in [0.2, 0.25) is 0 Å². The second-order valence-corrected chi connectivity index (χ2v) is 5.51. The average Bonchev–Trinajstić information content (AvgIpc) is 3.24. The van der Waals surface area contributed by atoms with Gasteiger partial charge in [-0.3, -0.25) is 4.68 Å². The van der Waals surface area contributed by atoms with Crippen molar-refractivity contribution in [1.29, 1.82) is 0 Å². The Hall–Kier alpha value is -2.41. The summed E-state index contributed by atoms with van der Waals surface area (Å²) < 4.78 is 8.73. The molecule has 0 aliphatic carbocycles. The molecule has 1 aliphatic rings. The first kappa shape index (κ1) is 15.5. The summed E-state index contributed by atoms with van der Waals surface area (Å²) in [5.74, 6) is 0.559. The molecule has 0 radical (unpaired) electrons. The van der Waals surface area contributed by atoms with Crippen molar-refractivity contribution in [2.45, 2.75) is 19.3 Å². The van der Waals surface area contributed by atoms with Crippen LogP contribution in [0.3, 0.4) is 0 Å². The minimum Gasteiger partial charge on any atom is -0.479 e. The van der Waals surface area contributed by atoms with Gasteiger partial charge in [0.05, 0.1) is 31.4 Å². The fourth-order valence-corrected chi connectivity index (χ4v) is 2.54. The van der Waals surface area contributed by atoms with Gasteiger partial charge in [0.2, 0.25) is 5.88 Å². The van der Waals surface area contributed by atoms with Crippen LogP contribution in [-0.4, -0.2) is 44.6 Å². The summed E-state index contributed by atoms with van der Waals surface area (Å²) in [5, 5.41) is 11.6. The molecule has 1 aliphatic heterocycles. The Kier molecular flexibility index (Phi) is 4.87. The number of methoxy groups -OCH3 is 1. The van der Waals surface area contributed by atoms with Gasteiger partial charge in [-0.1, -0.05) is 6.42 Å². The third kappa shape index (κ3) is 3.68. The van der Waals surface area contributed by atoms with Crippen LogP contribution in [0.15, 0.2) is 30.9 Å². The fourth-order valence-electron chi connectivity index (χ4n) is 2.54. The SMILES string of the molecule is C1CCNCC1.COc1nc(-c2cnn(C)c2)cn2nccc12. The van der Waals surface area contributed by atoms with Gasteiger partial charge < -0.3 is 10.1 Å². The number of rotatable bonds is 2. The summed E-state index contributed by atoms with van der Waals surface area (Å²) in [6, 6.07) is 1.86. The van der Waals surface area contributed by atoms with Crippen LogP contribution >= 0.6 is 0 Å². The third-order valence-electron chi connectivity index (χ3n) is 3.76. The Bertz CT molecular complexity index is 747. The first-order valence-corrected chi connectivity index (χ1v) is 7.86. The van der Waals surface area contributed by atoms with Crippen molar-refractivity contribution in [2.24, 2.45) is 7.05 Å². The second kappa shape index (κ2) is 7.23. The van der Waals surface area contributed by atoms with Gasteiger partial charge in [0, 0.05) is 18.8 Å². The first-order chi connectivity index (χ1) is 11.3. The maximum atomic E-state index is 5.26. The lowest BCUT2D eigenvalue weighted by Gasteiger charge is -2.08. The molecule has 0 amide bonds. The van der Waals surface area contributed by atoms with Gasteiger partial charge in [-0.15, -0.1) is 0 Å². The van der Waals surface area contributed by atoms with Gasteiger partial charge >= 0.3 is 0 Å². The monoisotopic (exact) mass is 314 g/mol. The van der Waals surface area contributed by atoms with Crippen LogP contribution in [0, 0.1) is 0 Å². The molecule has 0 aromatic carbocycles. The van der Waals surface area contributed by atoms with E-state index in [9.17, 15) is 0 Å². The zero-order valence-corrected chi connectivity index (χ0v) is 13.6. The largest absolute Gasteiger partial charge is 0.479 e. The zero-order valence-electron chi connectivity index (χ0n) is 13.6. The molecule has 7 nitrogen and oxygen atoms in total. The molecule has 1 fully saturated rings. The molecule has 0 spiro atoms. The molecule has 1 N–H and O–H groups in total. The molecule has 0 unspecified atom stereocenters. The van der Waals surface area contributed by atoms with Crippen molar-refractivity contribution in [2.75, 3.05) is 20.2 Å². The van der Waals surface area contributed by atoms with E-state index >= 15 is 0 Å². The Morgan fingerprint density at radius 3 is 2.52 bits per heavy atom. The molecule has 3 aromatic rings. The van der Waals surface area contributed by atoms with E-state index in [1.807, 2.05) is 25.5 Å². The molecule has 3 aromatic heterocycles. The van der Waals surface area contributed by atoms with Gasteiger partial charge in [0.15, 0.2) is 0 Å². The lowest BCUT2D eigenvalue weighted by atomic mass is 10.2. The van der Waals surface area contributed by atoms with Gasteiger partial charge in [-0.05, 0) is 32.0 Å². The number of fused-ring (bicyclic) bond motifs is 1. The van der Waals surface area contributed by atoms with E-state index in [0.717, 1.165) is 16.8 Å². The molecule has 1 saturated heterocycles. The Balaban J connectivity index is 0.000000220. The fraction of sp³-hybridized carbons (Fsp3) is 0.438. The number of ether oxygens (including phenoxy) is 1. The minimum absolute atomic E-state index is 0.559. The number of aryl methyl sites for hydroxylation is 1. The maximum absolute atomic E-state index is 5.26. The smallest absolute Gasteiger partial charge is 0.240 e. The predicted octanol–water partition coefficient (Wildman–Crippen LogP) is 1.90. The van der Waals surface area contributed by atoms with Crippen molar-refractivity contribution in [1.82, 2.24) is 29.7 Å². The van der Waals surface area contributed by atoms with E-state index in [2.05, 4.69) is 20.5 Å². The van der Waals surface area contributed by atoms with Gasteiger partial charge in [-0.2, -0.15) is 10.2 Å². The summed E-state index contributed by atoms with van der Waals surface area (Å²) in [6.45, 7) is 2.50. The molecule has 0 saturated carbocycles. The molecule has 7 heteroatoms. The van der Waals surface area contributed by atoms with Crippen LogP contribution < -0.4 is 10.1 Å². The molecule has 0 atom stereocenters. The van der Waals surface area contributed by atoms with Gasteiger partial charge in [-0.25, -0.2) is 9.50 Å². The average molecular weight is 314 g/mol. The van der Waals surface area contributed by atoms with E-state index in [0.29, 0.717) is 5.88 Å². The van der Waals surface area contributed by atoms with E-state index in [1.54, 1.807) is 28.7 Å². The molecular weight excluding hydrogens is 292 g/mol. The third-order valence-corrected chi connectivity index (χ3v) is 3.76. The van der Waals surface area contributed by atoms with Crippen molar-refractivity contribution < 1.29 is 4.74 Å². The van der Waals surface area contributed by atoms with Crippen LogP contribution in [-0.2, 0) is 7.05 Å². The summed E-state index contributed by atoms with van der Waals surface area (Å²) in [6.07, 6.45) is 11.4. The zero-order chi connectivity index (χ0) is 16.1. The normalized spacial score (nSPS) is 14.3. The topological polar surface area (TPSA) is 69.3 Å². The predicted molar refractivity (Wildman–Crippen MR) is 88.5 cm³/mol. The van der Waals surface area contributed by atoms with E-state index in [-0.39, 0.29) is 0 Å². The van der Waals surface area contributed by atoms with E-state index < -0.39 is 0 Å². The van der Waals surface area contributed by atoms with E-state index in [4.69, 9.17) is 4.74 Å². The number of aromatic nitrogens is 5. The highest BCUT2D eigenvalue weighted by molar-refractivity contribution is 5.63. The van der Waals surface area contributed by atoms with Crippen molar-refractivity contribution in [3.8, 4) is 17.1 Å². The van der Waals surface area contributed by atoms with Crippen molar-refractivity contribution >= 4 is 5.52 Å². The maximum Gasteiger partial charge on any atom is 0.240 e. The molecule has 4 heterocycles. The highest BCUT2D eigenvalue weighted by atomic mass is 16.5. The number of nitrogens with one attached hydrogen (secondary N) is 1. The standard InChI is InChI=1S/C11H11N5O.C5H11N/c1-15-6-8(5-13-15)9-7-16-10(3-4-12-16)11(14-9)17-2;1-2-4-6-5-3-1/h3-7H,1-2H3;6H,1-5H2. The molecule has 122 valence electrons. The lowest BCUT2D eigenvalue weighted by Crippen LogP contribution is -2.21. The Morgan fingerprint density at radius 2 is 1.96 bits per heavy atom. The van der Waals surface area contributed by atoms with Crippen molar-refractivity contribution in [3.05, 3.63) is 30.9 Å². The van der Waals surface area contributed by atoms with Gasteiger partial charge in [0.25, 0.3) is 0 Å². The quantitative estimate of drug-likeness (QED) is 0.782. The summed E-state index contributed by atoms with van der Waals surface area (Å²) in [5.41, 5.74) is 2.56. The van der Waals surface area contributed by atoms with E-state index in [1.165, 1.54) is 32.4 Å². The van der Waals surface area contributed by atoms with Crippen LogP contribution in [0.5, 0.6) is 5.88 Å². The lowest BCUT2D eigenvalue weighted by molar-refractivity contribution is 0.401. The number of nitrogens with zero attached hydrogens (tertiary/aromatic N) is 5. The van der Waals surface area contributed by atoms with Crippen LogP contribution in [0.4, 0.5) is 0 Å². The first-order valence-electron chi connectivity index (χ1n) is 7.86. The number of hydrogen-bond acceptors (Lipinski definition) is 5. The molecule has 0 bridgehead atoms. The van der Waals surface area contributed by atoms with Crippen molar-refractivity contribution in [3.63, 3.8) is 0 Å². The summed E-state index contributed by atoms with van der Waals surface area (Å²) in [4.78, 5) is 4.44. The van der Waals surface area contributed by atoms with Crippen LogP contribution in [0.1, 0.15) is 19.3 Å². The number of hydrogen-bond donors (Lipinski definition) is 1.